The molecule has 0 atom stereocenters. The van der Waals surface area contributed by atoms with Crippen LogP contribution in [0.1, 0.15) is 46.7 Å². The number of aromatic nitrogens is 4. The van der Waals surface area contributed by atoms with E-state index in [2.05, 4.69) is 45.0 Å². The van der Waals surface area contributed by atoms with Gasteiger partial charge in [-0.25, -0.2) is 9.78 Å². The molecular formula is C30H26N4O4. The molecule has 1 saturated carbocycles. The Labute approximate surface area is 218 Å². The van der Waals surface area contributed by atoms with Gasteiger partial charge in [0.1, 0.15) is 24.8 Å². The maximum Gasteiger partial charge on any atom is 0.439 e. The average molecular weight is 507 g/mol. The van der Waals surface area contributed by atoms with Crippen LogP contribution in [0.3, 0.4) is 0 Å². The van der Waals surface area contributed by atoms with E-state index in [9.17, 15) is 4.79 Å². The fourth-order valence-corrected chi connectivity index (χ4v) is 5.46. The van der Waals surface area contributed by atoms with Crippen molar-refractivity contribution in [2.75, 3.05) is 7.11 Å². The van der Waals surface area contributed by atoms with Crippen molar-refractivity contribution in [3.63, 3.8) is 0 Å². The van der Waals surface area contributed by atoms with E-state index in [0.29, 0.717) is 31.5 Å². The highest BCUT2D eigenvalue weighted by molar-refractivity contribution is 6.01. The number of rotatable bonds is 6. The van der Waals surface area contributed by atoms with E-state index >= 15 is 0 Å². The molecule has 2 aromatic heterocycles. The molecule has 0 radical (unpaired) electrons. The van der Waals surface area contributed by atoms with Gasteiger partial charge < -0.3 is 14.0 Å². The van der Waals surface area contributed by atoms with Gasteiger partial charge in [0.25, 0.3) is 0 Å². The second kappa shape index (κ2) is 9.15. The number of benzene rings is 3. The van der Waals surface area contributed by atoms with Gasteiger partial charge in [0.15, 0.2) is 5.82 Å². The third-order valence-corrected chi connectivity index (χ3v) is 7.28. The second-order valence-electron chi connectivity index (χ2n) is 9.82. The number of imidazole rings is 1. The highest BCUT2D eigenvalue weighted by atomic mass is 16.5. The van der Waals surface area contributed by atoms with E-state index in [-0.39, 0.29) is 0 Å². The minimum absolute atomic E-state index is 0.304. The fraction of sp³-hybridized carbons (Fsp3) is 0.233. The van der Waals surface area contributed by atoms with E-state index in [4.69, 9.17) is 19.0 Å². The first-order valence-electron chi connectivity index (χ1n) is 12.8. The van der Waals surface area contributed by atoms with Crippen LogP contribution in [0.4, 0.5) is 0 Å². The summed E-state index contributed by atoms with van der Waals surface area (Å²) >= 11 is 0. The van der Waals surface area contributed by atoms with Crippen LogP contribution in [0.2, 0.25) is 0 Å². The van der Waals surface area contributed by atoms with Gasteiger partial charge >= 0.3 is 5.76 Å². The zero-order valence-electron chi connectivity index (χ0n) is 20.9. The summed E-state index contributed by atoms with van der Waals surface area (Å²) in [6, 6.07) is 22.7. The van der Waals surface area contributed by atoms with Gasteiger partial charge in [0, 0.05) is 30.4 Å². The topological polar surface area (TPSA) is 95.2 Å². The Balaban J connectivity index is 1.38. The molecule has 1 aliphatic carbocycles. The molecule has 8 heteroatoms. The Morgan fingerprint density at radius 2 is 1.92 bits per heavy atom. The average Bonchev–Trinajstić information content (AvgIpc) is 3.63. The summed E-state index contributed by atoms with van der Waals surface area (Å²) in [5.74, 6) is 1.95. The third-order valence-electron chi connectivity index (χ3n) is 7.28. The number of nitrogens with one attached hydrogen (secondary N) is 1. The van der Waals surface area contributed by atoms with Crippen molar-refractivity contribution < 1.29 is 14.0 Å². The maximum atomic E-state index is 11.9. The number of hydrogen-bond acceptors (Lipinski definition) is 6. The molecule has 3 heterocycles. The molecule has 8 nitrogen and oxygen atoms in total. The lowest BCUT2D eigenvalue weighted by Crippen LogP contribution is -2.08. The zero-order valence-corrected chi connectivity index (χ0v) is 20.9. The molecule has 3 aromatic carbocycles. The molecule has 1 N–H and O–H groups in total. The van der Waals surface area contributed by atoms with Crippen LogP contribution in [-0.4, -0.2) is 26.8 Å². The SMILES string of the molecule is COCc1nc2ccccc2n1Cc1ccc2c(c1)COc1ccccc1/C2=C(/c1noc(=O)[nH]1)C1CC1. The van der Waals surface area contributed by atoms with Crippen molar-refractivity contribution >= 4 is 22.2 Å². The van der Waals surface area contributed by atoms with Gasteiger partial charge in [0.05, 0.1) is 11.0 Å². The quantitative estimate of drug-likeness (QED) is 0.342. The zero-order chi connectivity index (χ0) is 25.6. The summed E-state index contributed by atoms with van der Waals surface area (Å²) < 4.78 is 18.9. The van der Waals surface area contributed by atoms with Crippen LogP contribution in [0.25, 0.3) is 22.2 Å². The molecule has 7 rings (SSSR count). The molecule has 5 aromatic rings. The molecule has 0 amide bonds. The molecule has 2 aliphatic rings. The first kappa shape index (κ1) is 22.7. The molecule has 0 spiro atoms. The first-order valence-corrected chi connectivity index (χ1v) is 12.8. The smallest absolute Gasteiger partial charge is 0.439 e. The summed E-state index contributed by atoms with van der Waals surface area (Å²) in [6.45, 7) is 1.53. The Bertz CT molecular complexity index is 1760. The summed E-state index contributed by atoms with van der Waals surface area (Å²) in [6.07, 6.45) is 2.08. The number of nitrogens with zero attached hydrogens (tertiary/aromatic N) is 3. The fourth-order valence-electron chi connectivity index (χ4n) is 5.46. The van der Waals surface area contributed by atoms with Crippen LogP contribution in [0, 0.1) is 5.92 Å². The van der Waals surface area contributed by atoms with Gasteiger partial charge in [-0.3, -0.25) is 9.51 Å². The number of fused-ring (bicyclic) bond motifs is 3. The van der Waals surface area contributed by atoms with E-state index in [0.717, 1.165) is 68.8 Å². The number of allylic oxidation sites excluding steroid dienone is 1. The minimum atomic E-state index is -0.549. The standard InChI is InChI=1S/C30H26N4O4/c1-36-17-26-31-23-7-3-4-8-24(23)34(26)15-18-10-13-21-20(14-18)16-37-25-9-5-2-6-22(25)28(21)27(19-11-12-19)29-32-30(35)38-33-29/h2-10,13-14,19H,11-12,15-17H2,1H3,(H,32,33,35)/b28-27+. The van der Waals surface area contributed by atoms with E-state index in [1.54, 1.807) is 7.11 Å². The van der Waals surface area contributed by atoms with Crippen molar-refractivity contribution in [3.8, 4) is 5.75 Å². The van der Waals surface area contributed by atoms with Crippen LogP contribution in [-0.2, 0) is 24.5 Å². The Hall–Kier alpha value is -4.43. The second-order valence-corrected chi connectivity index (χ2v) is 9.82. The summed E-state index contributed by atoms with van der Waals surface area (Å²) in [7, 11) is 1.69. The van der Waals surface area contributed by atoms with Crippen LogP contribution in [0.15, 0.2) is 76.0 Å². The predicted molar refractivity (Wildman–Crippen MR) is 143 cm³/mol. The monoisotopic (exact) mass is 506 g/mol. The van der Waals surface area contributed by atoms with Gasteiger partial charge in [-0.05, 0) is 59.7 Å². The molecule has 0 unspecified atom stereocenters. The number of H-pyrrole nitrogens is 1. The van der Waals surface area contributed by atoms with E-state index < -0.39 is 5.76 Å². The molecular weight excluding hydrogens is 480 g/mol. The Morgan fingerprint density at radius 3 is 2.74 bits per heavy atom. The van der Waals surface area contributed by atoms with Gasteiger partial charge in [-0.1, -0.05) is 47.6 Å². The minimum Gasteiger partial charge on any atom is -0.488 e. The number of para-hydroxylation sites is 3. The summed E-state index contributed by atoms with van der Waals surface area (Å²) in [5, 5.41) is 4.09. The summed E-state index contributed by atoms with van der Waals surface area (Å²) in [5.41, 5.74) is 8.37. The lowest BCUT2D eigenvalue weighted by atomic mass is 9.87. The predicted octanol–water partition coefficient (Wildman–Crippen LogP) is 5.17. The van der Waals surface area contributed by atoms with Crippen molar-refractivity contribution in [2.45, 2.75) is 32.6 Å². The maximum absolute atomic E-state index is 11.9. The first-order chi connectivity index (χ1) is 18.7. The normalized spacial score (nSPS) is 16.0. The number of methoxy groups -OCH3 is 1. The molecule has 190 valence electrons. The highest BCUT2D eigenvalue weighted by Gasteiger charge is 2.35. The molecule has 0 saturated heterocycles. The van der Waals surface area contributed by atoms with Gasteiger partial charge in [-0.2, -0.15) is 0 Å². The van der Waals surface area contributed by atoms with Gasteiger partial charge in [0.2, 0.25) is 0 Å². The lowest BCUT2D eigenvalue weighted by molar-refractivity contribution is 0.175. The van der Waals surface area contributed by atoms with Crippen LogP contribution in [0.5, 0.6) is 5.75 Å². The Morgan fingerprint density at radius 1 is 1.08 bits per heavy atom. The van der Waals surface area contributed by atoms with Crippen LogP contribution >= 0.6 is 0 Å². The van der Waals surface area contributed by atoms with Gasteiger partial charge in [-0.15, -0.1) is 0 Å². The number of hydrogen-bond donors (Lipinski definition) is 1. The third kappa shape index (κ3) is 3.94. The van der Waals surface area contributed by atoms with E-state index in [1.807, 2.05) is 36.4 Å². The number of ether oxygens (including phenoxy) is 2. The van der Waals surface area contributed by atoms with Crippen molar-refractivity contribution in [3.05, 3.63) is 111 Å². The van der Waals surface area contributed by atoms with E-state index in [1.165, 1.54) is 0 Å². The largest absolute Gasteiger partial charge is 0.488 e. The molecule has 1 aliphatic heterocycles. The number of aromatic amines is 1. The van der Waals surface area contributed by atoms with Crippen molar-refractivity contribution in [1.29, 1.82) is 0 Å². The highest BCUT2D eigenvalue weighted by Crippen LogP contribution is 2.49. The molecule has 0 bridgehead atoms. The Kier molecular flexibility index (Phi) is 5.47. The molecule has 38 heavy (non-hydrogen) atoms. The lowest BCUT2D eigenvalue weighted by Gasteiger charge is -2.16. The van der Waals surface area contributed by atoms with Crippen molar-refractivity contribution in [2.24, 2.45) is 5.92 Å². The van der Waals surface area contributed by atoms with Crippen molar-refractivity contribution in [1.82, 2.24) is 19.7 Å². The summed E-state index contributed by atoms with van der Waals surface area (Å²) in [4.78, 5) is 19.5. The molecule has 1 fully saturated rings. The van der Waals surface area contributed by atoms with Crippen LogP contribution < -0.4 is 10.5 Å².